The minimum absolute atomic E-state index is 0.181. The van der Waals surface area contributed by atoms with Crippen molar-refractivity contribution in [3.05, 3.63) is 29.3 Å². The second kappa shape index (κ2) is 4.44. The summed E-state index contributed by atoms with van der Waals surface area (Å²) >= 11 is 5.85. The van der Waals surface area contributed by atoms with E-state index < -0.39 is 10.0 Å². The van der Waals surface area contributed by atoms with Gasteiger partial charge >= 0.3 is 0 Å². The third-order valence-electron chi connectivity index (χ3n) is 5.10. The van der Waals surface area contributed by atoms with Gasteiger partial charge in [0.05, 0.1) is 4.90 Å². The van der Waals surface area contributed by atoms with Gasteiger partial charge < -0.3 is 5.32 Å². The van der Waals surface area contributed by atoms with Crippen molar-refractivity contribution >= 4 is 21.6 Å². The van der Waals surface area contributed by atoms with E-state index in [2.05, 4.69) is 5.32 Å². The van der Waals surface area contributed by atoms with Crippen LogP contribution in [0, 0.1) is 11.8 Å². The van der Waals surface area contributed by atoms with E-state index in [4.69, 9.17) is 11.6 Å². The van der Waals surface area contributed by atoms with E-state index in [0.717, 1.165) is 25.9 Å². The van der Waals surface area contributed by atoms with Gasteiger partial charge in [0.1, 0.15) is 0 Å². The van der Waals surface area contributed by atoms with Gasteiger partial charge in [-0.1, -0.05) is 11.6 Å². The maximum atomic E-state index is 12.9. The summed E-state index contributed by atoms with van der Waals surface area (Å²) < 4.78 is 27.6. The summed E-state index contributed by atoms with van der Waals surface area (Å²) in [6, 6.07) is 6.89. The van der Waals surface area contributed by atoms with Gasteiger partial charge in [-0.25, -0.2) is 8.42 Å². The number of nitrogens with zero attached hydrogens (tertiary/aromatic N) is 1. The molecular formula is C14H17ClN2O2S. The number of sulfonamides is 1. The number of fused-ring (bicyclic) bond motifs is 5. The van der Waals surface area contributed by atoms with Crippen molar-refractivity contribution in [2.24, 2.45) is 11.8 Å². The van der Waals surface area contributed by atoms with Crippen LogP contribution in [0.1, 0.15) is 12.8 Å². The van der Waals surface area contributed by atoms with Crippen LogP contribution in [0.5, 0.6) is 0 Å². The van der Waals surface area contributed by atoms with Gasteiger partial charge in [0, 0.05) is 17.1 Å². The van der Waals surface area contributed by atoms with E-state index in [1.807, 2.05) is 0 Å². The summed E-state index contributed by atoms with van der Waals surface area (Å²) in [7, 11) is -3.39. The topological polar surface area (TPSA) is 49.4 Å². The van der Waals surface area contributed by atoms with Crippen molar-refractivity contribution in [3.63, 3.8) is 0 Å². The lowest BCUT2D eigenvalue weighted by Crippen LogP contribution is -2.39. The lowest BCUT2D eigenvalue weighted by atomic mass is 9.82. The molecule has 4 atom stereocenters. The second-order valence-electron chi connectivity index (χ2n) is 5.99. The summed E-state index contributed by atoms with van der Waals surface area (Å²) in [6.45, 7) is 1.91. The van der Waals surface area contributed by atoms with Crippen LogP contribution in [0.3, 0.4) is 0 Å². The SMILES string of the molecule is O=S(=O)(c1ccc(Cl)cc1)N1[C@@H]2CC[C@H]1[C@H]1CNC[C@H]12. The normalized spacial score (nSPS) is 36.5. The molecule has 0 aromatic heterocycles. The Kier molecular flexibility index (Phi) is 2.90. The molecule has 0 aliphatic carbocycles. The summed E-state index contributed by atoms with van der Waals surface area (Å²) in [4.78, 5) is 0.367. The van der Waals surface area contributed by atoms with Crippen LogP contribution in [-0.2, 0) is 10.0 Å². The molecule has 3 aliphatic heterocycles. The van der Waals surface area contributed by atoms with Crippen molar-refractivity contribution < 1.29 is 8.42 Å². The predicted octanol–water partition coefficient (Wildman–Crippen LogP) is 1.71. The third kappa shape index (κ3) is 1.70. The van der Waals surface area contributed by atoms with Gasteiger partial charge in [-0.15, -0.1) is 0 Å². The largest absolute Gasteiger partial charge is 0.316 e. The summed E-state index contributed by atoms with van der Waals surface area (Å²) in [5, 5.41) is 3.97. The molecule has 0 amide bonds. The van der Waals surface area contributed by atoms with E-state index in [1.54, 1.807) is 28.6 Å². The molecule has 3 heterocycles. The fourth-order valence-corrected chi connectivity index (χ4v) is 6.38. The zero-order valence-corrected chi connectivity index (χ0v) is 12.6. The van der Waals surface area contributed by atoms with Crippen molar-refractivity contribution in [1.29, 1.82) is 0 Å². The molecule has 4 nitrogen and oxygen atoms in total. The van der Waals surface area contributed by atoms with Crippen LogP contribution in [0.2, 0.25) is 5.02 Å². The molecule has 0 saturated carbocycles. The number of hydrogen-bond acceptors (Lipinski definition) is 3. The Balaban J connectivity index is 1.72. The lowest BCUT2D eigenvalue weighted by molar-refractivity contribution is 0.354. The number of nitrogens with one attached hydrogen (secondary N) is 1. The highest BCUT2D eigenvalue weighted by atomic mass is 35.5. The molecule has 6 heteroatoms. The molecule has 1 aromatic rings. The second-order valence-corrected chi connectivity index (χ2v) is 8.27. The van der Waals surface area contributed by atoms with Gasteiger partial charge in [-0.3, -0.25) is 0 Å². The quantitative estimate of drug-likeness (QED) is 0.904. The number of halogens is 1. The van der Waals surface area contributed by atoms with Gasteiger partial charge in [0.15, 0.2) is 0 Å². The average Bonchev–Trinajstić information content (AvgIpc) is 3.11. The van der Waals surface area contributed by atoms with E-state index >= 15 is 0 Å². The minimum atomic E-state index is -3.39. The van der Waals surface area contributed by atoms with E-state index in [-0.39, 0.29) is 12.1 Å². The van der Waals surface area contributed by atoms with Crippen LogP contribution < -0.4 is 5.32 Å². The predicted molar refractivity (Wildman–Crippen MR) is 77.1 cm³/mol. The standard InChI is InChI=1S/C14H17ClN2O2S/c15-9-1-3-10(4-2-9)20(18,19)17-13-5-6-14(17)12-8-16-7-11(12)13/h1-4,11-14,16H,5-8H2/t11-,12+,13-,14+. The highest BCUT2D eigenvalue weighted by Gasteiger charge is 2.58. The van der Waals surface area contributed by atoms with E-state index in [0.29, 0.717) is 21.8 Å². The first-order valence-electron chi connectivity index (χ1n) is 7.09. The molecule has 1 N–H and O–H groups in total. The fourth-order valence-electron chi connectivity index (χ4n) is 4.29. The molecular weight excluding hydrogens is 296 g/mol. The first-order valence-corrected chi connectivity index (χ1v) is 8.90. The molecule has 0 radical (unpaired) electrons. The maximum absolute atomic E-state index is 12.9. The summed E-state index contributed by atoms with van der Waals surface area (Å²) in [5.74, 6) is 0.992. The van der Waals surface area contributed by atoms with Crippen molar-refractivity contribution in [3.8, 4) is 0 Å². The molecule has 4 rings (SSSR count). The molecule has 0 unspecified atom stereocenters. The van der Waals surface area contributed by atoms with Crippen LogP contribution in [0.25, 0.3) is 0 Å². The van der Waals surface area contributed by atoms with Gasteiger partial charge in [0.25, 0.3) is 0 Å². The molecule has 3 aliphatic rings. The number of benzene rings is 1. The molecule has 0 spiro atoms. The van der Waals surface area contributed by atoms with Crippen molar-refractivity contribution in [2.75, 3.05) is 13.1 Å². The molecule has 1 aromatic carbocycles. The molecule has 3 fully saturated rings. The third-order valence-corrected chi connectivity index (χ3v) is 7.32. The maximum Gasteiger partial charge on any atom is 0.243 e. The summed E-state index contributed by atoms with van der Waals surface area (Å²) in [5.41, 5.74) is 0. The Morgan fingerprint density at radius 2 is 1.60 bits per heavy atom. The molecule has 2 bridgehead atoms. The highest BCUT2D eigenvalue weighted by Crippen LogP contribution is 2.49. The fraction of sp³-hybridized carbons (Fsp3) is 0.571. The van der Waals surface area contributed by atoms with E-state index in [9.17, 15) is 8.42 Å². The highest BCUT2D eigenvalue weighted by molar-refractivity contribution is 7.89. The Morgan fingerprint density at radius 1 is 1.05 bits per heavy atom. The van der Waals surface area contributed by atoms with Gasteiger partial charge in [-0.05, 0) is 62.0 Å². The summed E-state index contributed by atoms with van der Waals surface area (Å²) in [6.07, 6.45) is 2.00. The minimum Gasteiger partial charge on any atom is -0.316 e. The smallest absolute Gasteiger partial charge is 0.243 e. The van der Waals surface area contributed by atoms with E-state index in [1.165, 1.54) is 0 Å². The van der Waals surface area contributed by atoms with Crippen molar-refractivity contribution in [1.82, 2.24) is 9.62 Å². The number of rotatable bonds is 2. The average molecular weight is 313 g/mol. The molecule has 3 saturated heterocycles. The molecule has 108 valence electrons. The first kappa shape index (κ1) is 13.1. The zero-order chi connectivity index (χ0) is 13.9. The monoisotopic (exact) mass is 312 g/mol. The zero-order valence-electron chi connectivity index (χ0n) is 11.0. The van der Waals surface area contributed by atoms with Crippen LogP contribution in [0.4, 0.5) is 0 Å². The van der Waals surface area contributed by atoms with Crippen LogP contribution >= 0.6 is 11.6 Å². The first-order chi connectivity index (χ1) is 9.59. The Morgan fingerprint density at radius 3 is 2.15 bits per heavy atom. The van der Waals surface area contributed by atoms with Gasteiger partial charge in [-0.2, -0.15) is 4.31 Å². The van der Waals surface area contributed by atoms with Crippen LogP contribution in [-0.4, -0.2) is 37.9 Å². The number of hydrogen-bond donors (Lipinski definition) is 1. The van der Waals surface area contributed by atoms with Crippen molar-refractivity contribution in [2.45, 2.75) is 29.8 Å². The Labute approximate surface area is 124 Å². The van der Waals surface area contributed by atoms with Gasteiger partial charge in [0.2, 0.25) is 10.0 Å². The molecule has 20 heavy (non-hydrogen) atoms. The Bertz CT molecular complexity index is 613. The Hall–Kier alpha value is -0.620. The van der Waals surface area contributed by atoms with Crippen LogP contribution in [0.15, 0.2) is 29.2 Å². The lowest BCUT2D eigenvalue weighted by Gasteiger charge is -2.24.